The Morgan fingerprint density at radius 3 is 2.52 bits per heavy atom. The van der Waals surface area contributed by atoms with Crippen LogP contribution in [0.3, 0.4) is 0 Å². The molecule has 2 amide bonds. The fraction of sp³-hybridized carbons (Fsp3) is 0.294. The number of quaternary nitrogens is 1. The van der Waals surface area contributed by atoms with Gasteiger partial charge in [0.25, 0.3) is 11.8 Å². The molecule has 1 aromatic carbocycles. The maximum absolute atomic E-state index is 12.2. The van der Waals surface area contributed by atoms with E-state index < -0.39 is 9.84 Å². The fourth-order valence-corrected chi connectivity index (χ4v) is 3.11. The molecule has 0 saturated carbocycles. The second kappa shape index (κ2) is 9.03. The van der Waals surface area contributed by atoms with Crippen molar-refractivity contribution in [1.29, 1.82) is 0 Å². The van der Waals surface area contributed by atoms with Crippen LogP contribution < -0.4 is 15.5 Å². The van der Waals surface area contributed by atoms with E-state index in [1.165, 1.54) is 24.5 Å². The minimum atomic E-state index is -3.42. The highest BCUT2D eigenvalue weighted by atomic mass is 35.5. The Morgan fingerprint density at radius 1 is 1.19 bits per heavy atom. The van der Waals surface area contributed by atoms with E-state index in [2.05, 4.69) is 10.6 Å². The Balaban J connectivity index is 1.86. The van der Waals surface area contributed by atoms with Crippen LogP contribution in [0.1, 0.15) is 5.76 Å². The highest BCUT2D eigenvalue weighted by Crippen LogP contribution is 2.25. The first-order valence-corrected chi connectivity index (χ1v) is 10.3. The molecule has 0 spiro atoms. The number of benzene rings is 1. The third kappa shape index (κ3) is 6.70. The number of likely N-dealkylation sites (N-methyl/N-ethyl adjacent to an activating group) is 1. The van der Waals surface area contributed by atoms with Gasteiger partial charge in [0.05, 0.1) is 35.5 Å². The van der Waals surface area contributed by atoms with Crippen molar-refractivity contribution in [1.82, 2.24) is 5.32 Å². The van der Waals surface area contributed by atoms with Gasteiger partial charge in [-0.3, -0.25) is 9.59 Å². The van der Waals surface area contributed by atoms with Crippen molar-refractivity contribution >= 4 is 38.9 Å². The average molecular weight is 415 g/mol. The largest absolute Gasteiger partial charge is 0.467 e. The van der Waals surface area contributed by atoms with E-state index in [1.807, 2.05) is 0 Å². The summed E-state index contributed by atoms with van der Waals surface area (Å²) in [4.78, 5) is 24.8. The number of carbonyl (C=O) groups is 2. The molecule has 1 unspecified atom stereocenters. The molecule has 0 fully saturated rings. The third-order valence-corrected chi connectivity index (χ3v) is 5.04. The topological polar surface area (TPSA) is 110 Å². The normalized spacial score (nSPS) is 12.4. The molecule has 1 heterocycles. The van der Waals surface area contributed by atoms with Gasteiger partial charge in [-0.05, 0) is 30.3 Å². The number of hydrogen-bond donors (Lipinski definition) is 3. The first-order chi connectivity index (χ1) is 12.6. The lowest BCUT2D eigenvalue weighted by molar-refractivity contribution is -0.862. The first-order valence-electron chi connectivity index (χ1n) is 8.05. The van der Waals surface area contributed by atoms with Gasteiger partial charge in [0.15, 0.2) is 22.9 Å². The van der Waals surface area contributed by atoms with Gasteiger partial charge in [0.2, 0.25) is 0 Å². The number of furan rings is 1. The van der Waals surface area contributed by atoms with Crippen molar-refractivity contribution in [3.05, 3.63) is 47.4 Å². The molecule has 0 saturated heterocycles. The van der Waals surface area contributed by atoms with E-state index in [-0.39, 0.29) is 47.1 Å². The van der Waals surface area contributed by atoms with Gasteiger partial charge in [-0.15, -0.1) is 0 Å². The molecule has 3 N–H and O–H groups in total. The van der Waals surface area contributed by atoms with Crippen LogP contribution in [-0.4, -0.2) is 46.6 Å². The van der Waals surface area contributed by atoms with E-state index in [4.69, 9.17) is 16.0 Å². The summed E-state index contributed by atoms with van der Waals surface area (Å²) >= 11 is 6.01. The molecule has 1 atom stereocenters. The number of halogens is 1. The SMILES string of the molecule is C[NH+](CC(=O)NCc1ccco1)CC(=O)Nc1cc(S(C)(=O)=O)ccc1Cl. The van der Waals surface area contributed by atoms with Crippen LogP contribution in [0.5, 0.6) is 0 Å². The second-order valence-electron chi connectivity index (χ2n) is 6.13. The van der Waals surface area contributed by atoms with Crippen molar-refractivity contribution in [3.63, 3.8) is 0 Å². The van der Waals surface area contributed by atoms with E-state index in [0.29, 0.717) is 10.7 Å². The fourth-order valence-electron chi connectivity index (χ4n) is 2.30. The number of amides is 2. The summed E-state index contributed by atoms with van der Waals surface area (Å²) in [5, 5.41) is 5.50. The zero-order valence-electron chi connectivity index (χ0n) is 14.9. The van der Waals surface area contributed by atoms with Crippen LogP contribution in [0.4, 0.5) is 5.69 Å². The predicted molar refractivity (Wildman–Crippen MR) is 100 cm³/mol. The van der Waals surface area contributed by atoms with Gasteiger partial charge in [0, 0.05) is 6.26 Å². The Kier molecular flexibility index (Phi) is 7.00. The molecule has 8 nitrogen and oxygen atoms in total. The van der Waals surface area contributed by atoms with Gasteiger partial charge < -0.3 is 20.0 Å². The van der Waals surface area contributed by atoms with E-state index in [9.17, 15) is 18.0 Å². The summed E-state index contributed by atoms with van der Waals surface area (Å²) in [7, 11) is -1.72. The van der Waals surface area contributed by atoms with Crippen LogP contribution in [0, 0.1) is 0 Å². The standard InChI is InChI=1S/C17H20ClN3O5S/c1-21(10-16(22)19-9-12-4-3-7-26-12)11-17(23)20-15-8-13(27(2,24)25)5-6-14(15)18/h3-8H,9-11H2,1-2H3,(H,19,22)(H,20,23)/p+1. The zero-order chi connectivity index (χ0) is 20.0. The molecule has 2 aromatic rings. The molecule has 146 valence electrons. The minimum Gasteiger partial charge on any atom is -0.467 e. The summed E-state index contributed by atoms with van der Waals surface area (Å²) in [6, 6.07) is 7.56. The molecule has 0 aliphatic rings. The molecule has 2 rings (SSSR count). The monoisotopic (exact) mass is 414 g/mol. The van der Waals surface area contributed by atoms with Crippen LogP contribution in [0.25, 0.3) is 0 Å². The van der Waals surface area contributed by atoms with Crippen molar-refractivity contribution in [2.24, 2.45) is 0 Å². The van der Waals surface area contributed by atoms with Crippen LogP contribution in [0.15, 0.2) is 45.9 Å². The minimum absolute atomic E-state index is 0.00754. The second-order valence-corrected chi connectivity index (χ2v) is 8.55. The van der Waals surface area contributed by atoms with Gasteiger partial charge in [0.1, 0.15) is 5.76 Å². The molecule has 0 radical (unpaired) electrons. The maximum atomic E-state index is 12.2. The van der Waals surface area contributed by atoms with E-state index in [0.717, 1.165) is 6.26 Å². The third-order valence-electron chi connectivity index (χ3n) is 3.60. The summed E-state index contributed by atoms with van der Waals surface area (Å²) in [5.74, 6) is 0.0202. The van der Waals surface area contributed by atoms with Crippen molar-refractivity contribution in [2.45, 2.75) is 11.4 Å². The number of anilines is 1. The van der Waals surface area contributed by atoms with Gasteiger partial charge in [-0.2, -0.15) is 0 Å². The molecular weight excluding hydrogens is 394 g/mol. The summed E-state index contributed by atoms with van der Waals surface area (Å²) in [5.41, 5.74) is 0.208. The Labute approximate surface area is 162 Å². The Hall–Kier alpha value is -2.36. The lowest BCUT2D eigenvalue weighted by Crippen LogP contribution is -3.11. The number of carbonyl (C=O) groups excluding carboxylic acids is 2. The molecule has 27 heavy (non-hydrogen) atoms. The predicted octanol–water partition coefficient (Wildman–Crippen LogP) is 0.106. The first kappa shape index (κ1) is 20.9. The van der Waals surface area contributed by atoms with E-state index >= 15 is 0 Å². The van der Waals surface area contributed by atoms with Crippen molar-refractivity contribution in [3.8, 4) is 0 Å². The Bertz CT molecular complexity index is 913. The molecule has 0 aliphatic heterocycles. The van der Waals surface area contributed by atoms with Gasteiger partial charge in [-0.25, -0.2) is 8.42 Å². The van der Waals surface area contributed by atoms with Gasteiger partial charge >= 0.3 is 0 Å². The quantitative estimate of drug-likeness (QED) is 0.567. The molecule has 0 aliphatic carbocycles. The lowest BCUT2D eigenvalue weighted by atomic mass is 10.3. The zero-order valence-corrected chi connectivity index (χ0v) is 16.5. The maximum Gasteiger partial charge on any atom is 0.279 e. The molecular formula is C17H21ClN3O5S+. The molecule has 0 bridgehead atoms. The number of sulfone groups is 1. The molecule has 10 heteroatoms. The highest BCUT2D eigenvalue weighted by Gasteiger charge is 2.17. The summed E-state index contributed by atoms with van der Waals surface area (Å²) in [6.07, 6.45) is 2.59. The van der Waals surface area contributed by atoms with Crippen LogP contribution >= 0.6 is 11.6 Å². The number of hydrogen-bond acceptors (Lipinski definition) is 5. The highest BCUT2D eigenvalue weighted by molar-refractivity contribution is 7.90. The Morgan fingerprint density at radius 2 is 1.89 bits per heavy atom. The van der Waals surface area contributed by atoms with E-state index in [1.54, 1.807) is 19.2 Å². The lowest BCUT2D eigenvalue weighted by Gasteiger charge is -2.14. The summed E-state index contributed by atoms with van der Waals surface area (Å²) in [6.45, 7) is 0.373. The molecule has 1 aromatic heterocycles. The number of rotatable bonds is 8. The van der Waals surface area contributed by atoms with Gasteiger partial charge in [-0.1, -0.05) is 11.6 Å². The van der Waals surface area contributed by atoms with Crippen LogP contribution in [0.2, 0.25) is 5.02 Å². The number of nitrogens with one attached hydrogen (secondary N) is 3. The van der Waals surface area contributed by atoms with Crippen molar-refractivity contribution < 1.29 is 27.3 Å². The van der Waals surface area contributed by atoms with Crippen molar-refractivity contribution in [2.75, 3.05) is 31.7 Å². The smallest absolute Gasteiger partial charge is 0.279 e. The average Bonchev–Trinajstić information content (AvgIpc) is 3.07. The summed E-state index contributed by atoms with van der Waals surface area (Å²) < 4.78 is 28.4. The van der Waals surface area contributed by atoms with Crippen LogP contribution in [-0.2, 0) is 26.0 Å².